The van der Waals surface area contributed by atoms with Crippen molar-refractivity contribution in [2.45, 2.75) is 0 Å². The topological polar surface area (TPSA) is 81.0 Å². The van der Waals surface area contributed by atoms with Crippen LogP contribution in [0.4, 0.5) is 4.39 Å². The summed E-state index contributed by atoms with van der Waals surface area (Å²) < 4.78 is 16.8. The van der Waals surface area contributed by atoms with E-state index >= 15 is 0 Å². The third-order valence-electron chi connectivity index (χ3n) is 3.41. The predicted molar refractivity (Wildman–Crippen MR) is 83.9 cm³/mol. The van der Waals surface area contributed by atoms with Gasteiger partial charge in [-0.15, -0.1) is 0 Å². The van der Waals surface area contributed by atoms with E-state index in [1.807, 2.05) is 12.1 Å². The zero-order valence-corrected chi connectivity index (χ0v) is 12.7. The summed E-state index contributed by atoms with van der Waals surface area (Å²) in [5.41, 5.74) is 4.57. The molecule has 0 radical (unpaired) electrons. The second kappa shape index (κ2) is 6.37. The molecule has 2 amide bonds. The molecule has 0 bridgehead atoms. The molecule has 0 saturated carbocycles. The summed E-state index contributed by atoms with van der Waals surface area (Å²) in [5, 5.41) is 4.06. The quantitative estimate of drug-likeness (QED) is 0.714. The number of hydrazine groups is 1. The van der Waals surface area contributed by atoms with Crippen LogP contribution in [0.3, 0.4) is 0 Å². The maximum Gasteiger partial charge on any atom is 0.275 e. The summed E-state index contributed by atoms with van der Waals surface area (Å²) in [4.78, 5) is 24.2. The summed E-state index contributed by atoms with van der Waals surface area (Å²) >= 11 is 0. The van der Waals surface area contributed by atoms with E-state index in [9.17, 15) is 14.0 Å². The molecule has 2 heterocycles. The first-order valence-corrected chi connectivity index (χ1v) is 7.08. The summed E-state index contributed by atoms with van der Waals surface area (Å²) in [7, 11) is 1.70. The standard InChI is InChI=1S/C16H14FN5O2/c1-21-16(22-8-4-5-9-22)12(10-18-21)15(24)20-19-14(23)11-6-2-3-7-13(11)17/h2-10H,1H3,(H,19,23)(H,20,24). The molecule has 1 aromatic carbocycles. The average molecular weight is 327 g/mol. The maximum atomic E-state index is 13.6. The summed E-state index contributed by atoms with van der Waals surface area (Å²) in [5.74, 6) is -1.43. The number of nitrogens with one attached hydrogen (secondary N) is 2. The molecule has 0 atom stereocenters. The lowest BCUT2D eigenvalue weighted by molar-refractivity contribution is 0.0844. The Hall–Kier alpha value is -3.42. The largest absolute Gasteiger partial charge is 0.308 e. The summed E-state index contributed by atoms with van der Waals surface area (Å²) in [6.45, 7) is 0. The van der Waals surface area contributed by atoms with Gasteiger partial charge in [-0.25, -0.2) is 4.39 Å². The highest BCUT2D eigenvalue weighted by Crippen LogP contribution is 2.13. The van der Waals surface area contributed by atoms with Crippen molar-refractivity contribution < 1.29 is 14.0 Å². The molecule has 0 spiro atoms. The minimum Gasteiger partial charge on any atom is -0.308 e. The van der Waals surface area contributed by atoms with Gasteiger partial charge in [0.05, 0.1) is 11.8 Å². The molecule has 0 aliphatic rings. The number of amides is 2. The van der Waals surface area contributed by atoms with E-state index in [1.54, 1.807) is 24.0 Å². The Labute approximate surface area is 136 Å². The molecule has 0 saturated heterocycles. The fraction of sp³-hybridized carbons (Fsp3) is 0.0625. The van der Waals surface area contributed by atoms with Crippen LogP contribution in [0.1, 0.15) is 20.7 Å². The van der Waals surface area contributed by atoms with E-state index in [4.69, 9.17) is 0 Å². The van der Waals surface area contributed by atoms with E-state index in [0.29, 0.717) is 5.82 Å². The van der Waals surface area contributed by atoms with Gasteiger partial charge < -0.3 is 4.57 Å². The Morgan fingerprint density at radius 1 is 1.00 bits per heavy atom. The van der Waals surface area contributed by atoms with Crippen LogP contribution < -0.4 is 10.9 Å². The van der Waals surface area contributed by atoms with Gasteiger partial charge in [-0.1, -0.05) is 12.1 Å². The Morgan fingerprint density at radius 3 is 2.29 bits per heavy atom. The highest BCUT2D eigenvalue weighted by molar-refractivity contribution is 6.00. The number of aromatic nitrogens is 3. The molecule has 8 heteroatoms. The van der Waals surface area contributed by atoms with Gasteiger partial charge in [0.25, 0.3) is 11.8 Å². The van der Waals surface area contributed by atoms with Crippen LogP contribution in [0.5, 0.6) is 0 Å². The fourth-order valence-corrected chi connectivity index (χ4v) is 2.27. The molecule has 0 unspecified atom stereocenters. The number of hydrogen-bond acceptors (Lipinski definition) is 3. The van der Waals surface area contributed by atoms with Gasteiger partial charge in [0.2, 0.25) is 0 Å². The third-order valence-corrected chi connectivity index (χ3v) is 3.41. The van der Waals surface area contributed by atoms with Crippen LogP contribution in [0, 0.1) is 5.82 Å². The van der Waals surface area contributed by atoms with E-state index in [1.165, 1.54) is 35.1 Å². The van der Waals surface area contributed by atoms with E-state index in [2.05, 4.69) is 16.0 Å². The third kappa shape index (κ3) is 2.89. The number of benzene rings is 1. The first-order valence-electron chi connectivity index (χ1n) is 7.08. The monoisotopic (exact) mass is 327 g/mol. The number of carbonyl (C=O) groups excluding carboxylic acids is 2. The highest BCUT2D eigenvalue weighted by atomic mass is 19.1. The first-order chi connectivity index (χ1) is 11.6. The van der Waals surface area contributed by atoms with Crippen LogP contribution in [-0.4, -0.2) is 26.2 Å². The van der Waals surface area contributed by atoms with Gasteiger partial charge in [-0.2, -0.15) is 5.10 Å². The van der Waals surface area contributed by atoms with Gasteiger partial charge in [-0.3, -0.25) is 25.1 Å². The first kappa shape index (κ1) is 15.5. The van der Waals surface area contributed by atoms with Crippen LogP contribution in [0.15, 0.2) is 55.0 Å². The number of carbonyl (C=O) groups is 2. The fourth-order valence-electron chi connectivity index (χ4n) is 2.27. The second-order valence-electron chi connectivity index (χ2n) is 4.98. The SMILES string of the molecule is Cn1ncc(C(=O)NNC(=O)c2ccccc2F)c1-n1cccc1. The van der Waals surface area contributed by atoms with Crippen molar-refractivity contribution in [2.75, 3.05) is 0 Å². The lowest BCUT2D eigenvalue weighted by Gasteiger charge is -2.09. The van der Waals surface area contributed by atoms with Gasteiger partial charge >= 0.3 is 0 Å². The Bertz CT molecular complexity index is 886. The maximum absolute atomic E-state index is 13.6. The Balaban J connectivity index is 1.75. The van der Waals surface area contributed by atoms with E-state index in [-0.39, 0.29) is 11.1 Å². The van der Waals surface area contributed by atoms with Crippen molar-refractivity contribution in [1.82, 2.24) is 25.2 Å². The van der Waals surface area contributed by atoms with Crippen molar-refractivity contribution in [2.24, 2.45) is 7.05 Å². The molecule has 7 nitrogen and oxygen atoms in total. The molecule has 2 N–H and O–H groups in total. The predicted octanol–water partition coefficient (Wildman–Crippen LogP) is 1.42. The Morgan fingerprint density at radius 2 is 1.62 bits per heavy atom. The number of hydrogen-bond donors (Lipinski definition) is 2. The average Bonchev–Trinajstić information content (AvgIpc) is 3.21. The molecule has 2 aromatic heterocycles. The van der Waals surface area contributed by atoms with Crippen molar-refractivity contribution in [3.63, 3.8) is 0 Å². The Kier molecular flexibility index (Phi) is 4.11. The lowest BCUT2D eigenvalue weighted by Crippen LogP contribution is -2.42. The number of nitrogens with zero attached hydrogens (tertiary/aromatic N) is 3. The molecular weight excluding hydrogens is 313 g/mol. The van der Waals surface area contributed by atoms with E-state index in [0.717, 1.165) is 0 Å². The highest BCUT2D eigenvalue weighted by Gasteiger charge is 2.18. The number of aryl methyl sites for hydroxylation is 1. The molecule has 0 aliphatic carbocycles. The van der Waals surface area contributed by atoms with Crippen molar-refractivity contribution in [3.05, 3.63) is 71.9 Å². The van der Waals surface area contributed by atoms with Crippen LogP contribution in [-0.2, 0) is 7.05 Å². The normalized spacial score (nSPS) is 10.4. The van der Waals surface area contributed by atoms with E-state index < -0.39 is 17.6 Å². The number of rotatable bonds is 3. The summed E-state index contributed by atoms with van der Waals surface area (Å²) in [6, 6.07) is 9.13. The minimum absolute atomic E-state index is 0.158. The van der Waals surface area contributed by atoms with Gasteiger partial charge in [0.1, 0.15) is 17.2 Å². The second-order valence-corrected chi connectivity index (χ2v) is 4.98. The molecule has 0 aliphatic heterocycles. The molecule has 3 rings (SSSR count). The van der Waals surface area contributed by atoms with Crippen LogP contribution >= 0.6 is 0 Å². The van der Waals surface area contributed by atoms with Crippen molar-refractivity contribution >= 4 is 11.8 Å². The number of halogens is 1. The van der Waals surface area contributed by atoms with Gasteiger partial charge in [-0.05, 0) is 24.3 Å². The lowest BCUT2D eigenvalue weighted by atomic mass is 10.2. The molecular formula is C16H14FN5O2. The zero-order chi connectivity index (χ0) is 17.1. The molecule has 0 fully saturated rings. The smallest absolute Gasteiger partial charge is 0.275 e. The zero-order valence-electron chi connectivity index (χ0n) is 12.7. The molecule has 3 aromatic rings. The summed E-state index contributed by atoms with van der Waals surface area (Å²) in [6.07, 6.45) is 4.93. The molecule has 122 valence electrons. The molecule has 24 heavy (non-hydrogen) atoms. The van der Waals surface area contributed by atoms with Gasteiger partial charge in [0.15, 0.2) is 0 Å². The minimum atomic E-state index is -0.743. The van der Waals surface area contributed by atoms with Crippen molar-refractivity contribution in [1.29, 1.82) is 0 Å². The van der Waals surface area contributed by atoms with Crippen LogP contribution in [0.25, 0.3) is 5.82 Å². The van der Waals surface area contributed by atoms with Crippen LogP contribution in [0.2, 0.25) is 0 Å². The van der Waals surface area contributed by atoms with Gasteiger partial charge in [0, 0.05) is 19.4 Å². The van der Waals surface area contributed by atoms with Crippen molar-refractivity contribution in [3.8, 4) is 5.82 Å².